The summed E-state index contributed by atoms with van der Waals surface area (Å²) in [5, 5.41) is 22.0. The molecular weight excluding hydrogens is 334 g/mol. The van der Waals surface area contributed by atoms with Gasteiger partial charge < -0.3 is 10.1 Å². The predicted molar refractivity (Wildman–Crippen MR) is 88.5 cm³/mol. The van der Waals surface area contributed by atoms with E-state index in [0.29, 0.717) is 12.2 Å². The van der Waals surface area contributed by atoms with Gasteiger partial charge in [-0.1, -0.05) is 6.07 Å². The Morgan fingerprint density at radius 3 is 2.79 bits per heavy atom. The molecule has 1 aromatic carbocycles. The zero-order valence-electron chi connectivity index (χ0n) is 13.2. The van der Waals surface area contributed by atoms with E-state index < -0.39 is 28.9 Å². The Morgan fingerprint density at radius 1 is 1.50 bits per heavy atom. The molecule has 0 spiro atoms. The van der Waals surface area contributed by atoms with Gasteiger partial charge in [-0.05, 0) is 31.4 Å². The molecule has 0 fully saturated rings. The number of rotatable bonds is 8. The zero-order valence-corrected chi connectivity index (χ0v) is 14.0. The molecule has 1 aromatic rings. The number of amides is 1. The number of hydrogen-bond donors (Lipinski definition) is 1. The maximum Gasteiger partial charge on any atom is 0.329 e. The molecule has 0 bridgehead atoms. The Labute approximate surface area is 143 Å². The van der Waals surface area contributed by atoms with Gasteiger partial charge in [0.15, 0.2) is 6.10 Å². The van der Waals surface area contributed by atoms with E-state index in [1.165, 1.54) is 36.9 Å². The molecule has 2 atom stereocenters. The third kappa shape index (κ3) is 5.89. The van der Waals surface area contributed by atoms with Crippen LogP contribution in [0.2, 0.25) is 0 Å². The Balaban J connectivity index is 2.87. The molecule has 0 unspecified atom stereocenters. The van der Waals surface area contributed by atoms with E-state index in [1.54, 1.807) is 6.07 Å². The molecule has 0 aliphatic carbocycles. The summed E-state index contributed by atoms with van der Waals surface area (Å²) >= 11 is 1.49. The lowest BCUT2D eigenvalue weighted by molar-refractivity contribution is -0.384. The molecule has 0 radical (unpaired) electrons. The van der Waals surface area contributed by atoms with Crippen molar-refractivity contribution in [1.82, 2.24) is 5.32 Å². The number of nitro benzene ring substituents is 1. The van der Waals surface area contributed by atoms with Gasteiger partial charge in [0, 0.05) is 17.7 Å². The van der Waals surface area contributed by atoms with Crippen molar-refractivity contribution in [2.45, 2.75) is 25.5 Å². The van der Waals surface area contributed by atoms with Gasteiger partial charge >= 0.3 is 5.97 Å². The fourth-order valence-electron chi connectivity index (χ4n) is 1.77. The van der Waals surface area contributed by atoms with Crippen LogP contribution in [0.5, 0.6) is 0 Å². The average molecular weight is 351 g/mol. The van der Waals surface area contributed by atoms with Crippen LogP contribution in [0.3, 0.4) is 0 Å². The number of non-ortho nitro benzene ring substituents is 1. The molecule has 1 amide bonds. The number of hydrogen-bond acceptors (Lipinski definition) is 7. The Morgan fingerprint density at radius 2 is 2.21 bits per heavy atom. The molecule has 9 heteroatoms. The van der Waals surface area contributed by atoms with Gasteiger partial charge in [-0.25, -0.2) is 4.79 Å². The first-order chi connectivity index (χ1) is 11.4. The highest BCUT2D eigenvalue weighted by Gasteiger charge is 2.24. The number of nitriles is 1. The van der Waals surface area contributed by atoms with Crippen molar-refractivity contribution < 1.29 is 19.2 Å². The predicted octanol–water partition coefficient (Wildman–Crippen LogP) is 1.90. The van der Waals surface area contributed by atoms with Crippen LogP contribution in [0.25, 0.3) is 0 Å². The van der Waals surface area contributed by atoms with Gasteiger partial charge in [0.05, 0.1) is 4.92 Å². The SMILES string of the molecule is CSCC[C@H](NC(=O)c1cccc([N+](=O)[O-])c1)C(=O)O[C@@H](C)C#N. The van der Waals surface area contributed by atoms with Crippen molar-refractivity contribution in [3.05, 3.63) is 39.9 Å². The lowest BCUT2D eigenvalue weighted by Gasteiger charge is -2.18. The molecule has 0 heterocycles. The Hall–Kier alpha value is -2.60. The molecule has 128 valence electrons. The van der Waals surface area contributed by atoms with Crippen LogP contribution in [0.1, 0.15) is 23.7 Å². The minimum absolute atomic E-state index is 0.0690. The van der Waals surface area contributed by atoms with Crippen LogP contribution in [0.4, 0.5) is 5.69 Å². The number of nitrogens with one attached hydrogen (secondary N) is 1. The summed E-state index contributed by atoms with van der Waals surface area (Å²) in [4.78, 5) is 34.5. The van der Waals surface area contributed by atoms with Gasteiger partial charge in [0.25, 0.3) is 11.6 Å². The average Bonchev–Trinajstić information content (AvgIpc) is 2.58. The third-order valence-electron chi connectivity index (χ3n) is 2.99. The fourth-order valence-corrected chi connectivity index (χ4v) is 2.24. The summed E-state index contributed by atoms with van der Waals surface area (Å²) < 4.78 is 4.93. The largest absolute Gasteiger partial charge is 0.446 e. The minimum Gasteiger partial charge on any atom is -0.446 e. The Kier molecular flexibility index (Phi) is 7.71. The van der Waals surface area contributed by atoms with Crippen LogP contribution in [-0.2, 0) is 9.53 Å². The van der Waals surface area contributed by atoms with E-state index in [0.717, 1.165) is 6.07 Å². The number of benzene rings is 1. The summed E-state index contributed by atoms with van der Waals surface area (Å²) in [6.45, 7) is 1.42. The normalized spacial score (nSPS) is 12.5. The topological polar surface area (TPSA) is 122 Å². The van der Waals surface area contributed by atoms with Gasteiger partial charge in [-0.15, -0.1) is 0 Å². The van der Waals surface area contributed by atoms with E-state index in [2.05, 4.69) is 5.32 Å². The summed E-state index contributed by atoms with van der Waals surface area (Å²) in [5.74, 6) is -0.737. The van der Waals surface area contributed by atoms with Crippen LogP contribution < -0.4 is 5.32 Å². The summed E-state index contributed by atoms with van der Waals surface area (Å²) in [5.41, 5.74) is -0.150. The van der Waals surface area contributed by atoms with Gasteiger partial charge in [0.1, 0.15) is 12.1 Å². The second-order valence-electron chi connectivity index (χ2n) is 4.82. The number of esters is 1. The number of thioether (sulfide) groups is 1. The van der Waals surface area contributed by atoms with E-state index >= 15 is 0 Å². The summed E-state index contributed by atoms with van der Waals surface area (Å²) in [6, 6.07) is 6.05. The van der Waals surface area contributed by atoms with Crippen LogP contribution >= 0.6 is 11.8 Å². The van der Waals surface area contributed by atoms with E-state index in [-0.39, 0.29) is 11.3 Å². The van der Waals surface area contributed by atoms with Crippen LogP contribution in [0, 0.1) is 21.4 Å². The molecule has 1 rings (SSSR count). The lowest BCUT2D eigenvalue weighted by atomic mass is 10.1. The smallest absolute Gasteiger partial charge is 0.329 e. The van der Waals surface area contributed by atoms with Crippen LogP contribution in [0.15, 0.2) is 24.3 Å². The van der Waals surface area contributed by atoms with Crippen molar-refractivity contribution in [3.63, 3.8) is 0 Å². The second-order valence-corrected chi connectivity index (χ2v) is 5.81. The highest BCUT2D eigenvalue weighted by molar-refractivity contribution is 7.98. The Bertz CT molecular complexity index is 659. The van der Waals surface area contributed by atoms with Crippen molar-refractivity contribution in [3.8, 4) is 6.07 Å². The monoisotopic (exact) mass is 351 g/mol. The maximum atomic E-state index is 12.2. The molecule has 8 nitrogen and oxygen atoms in total. The molecule has 0 saturated heterocycles. The first-order valence-electron chi connectivity index (χ1n) is 7.03. The zero-order chi connectivity index (χ0) is 18.1. The number of nitro groups is 1. The number of carbonyl (C=O) groups is 2. The third-order valence-corrected chi connectivity index (χ3v) is 3.64. The highest BCUT2D eigenvalue weighted by Crippen LogP contribution is 2.14. The fraction of sp³-hybridized carbons (Fsp3) is 0.400. The number of ether oxygens (including phenoxy) is 1. The second kappa shape index (κ2) is 9.52. The summed E-state index contributed by atoms with van der Waals surface area (Å²) in [7, 11) is 0. The van der Waals surface area contributed by atoms with Crippen molar-refractivity contribution in [2.24, 2.45) is 0 Å². The number of carbonyl (C=O) groups excluding carboxylic acids is 2. The highest BCUT2D eigenvalue weighted by atomic mass is 32.2. The number of nitrogens with zero attached hydrogens (tertiary/aromatic N) is 2. The van der Waals surface area contributed by atoms with E-state index in [1.807, 2.05) is 6.26 Å². The van der Waals surface area contributed by atoms with Gasteiger partial charge in [-0.3, -0.25) is 14.9 Å². The molecule has 0 aliphatic heterocycles. The maximum absolute atomic E-state index is 12.2. The van der Waals surface area contributed by atoms with Crippen molar-refractivity contribution >= 4 is 29.3 Å². The molecule has 0 aromatic heterocycles. The van der Waals surface area contributed by atoms with Gasteiger partial charge in [0.2, 0.25) is 0 Å². The van der Waals surface area contributed by atoms with E-state index in [9.17, 15) is 19.7 Å². The molecule has 24 heavy (non-hydrogen) atoms. The molecule has 1 N–H and O–H groups in total. The van der Waals surface area contributed by atoms with E-state index in [4.69, 9.17) is 10.00 Å². The van der Waals surface area contributed by atoms with Gasteiger partial charge in [-0.2, -0.15) is 17.0 Å². The molecular formula is C15H17N3O5S. The minimum atomic E-state index is -0.931. The van der Waals surface area contributed by atoms with Crippen molar-refractivity contribution in [1.29, 1.82) is 5.26 Å². The lowest BCUT2D eigenvalue weighted by Crippen LogP contribution is -2.43. The standard InChI is InChI=1S/C15H17N3O5S/c1-10(9-16)23-15(20)13(6-7-24-2)17-14(19)11-4-3-5-12(8-11)18(21)22/h3-5,8,10,13H,6-7H2,1-2H3,(H,17,19)/t10-,13-/m0/s1. The van der Waals surface area contributed by atoms with Crippen molar-refractivity contribution in [2.75, 3.05) is 12.0 Å². The first-order valence-corrected chi connectivity index (χ1v) is 8.42. The summed E-state index contributed by atoms with van der Waals surface area (Å²) in [6.07, 6.45) is 1.24. The molecule has 0 saturated carbocycles. The van der Waals surface area contributed by atoms with Crippen LogP contribution in [-0.4, -0.2) is 41.0 Å². The quantitative estimate of drug-likeness (QED) is 0.431. The molecule has 0 aliphatic rings. The first kappa shape index (κ1) is 19.4.